The molecule has 1 aromatic rings. The van der Waals surface area contributed by atoms with Gasteiger partial charge in [0.25, 0.3) is 0 Å². The lowest BCUT2D eigenvalue weighted by Gasteiger charge is -2.23. The van der Waals surface area contributed by atoms with Crippen molar-refractivity contribution in [2.24, 2.45) is 0 Å². The smallest absolute Gasteiger partial charge is 0.138 e. The zero-order chi connectivity index (χ0) is 12.2. The maximum atomic E-state index is 10.1. The Morgan fingerprint density at radius 2 is 2.25 bits per heavy atom. The first-order valence-corrected chi connectivity index (χ1v) is 5.65. The summed E-state index contributed by atoms with van der Waals surface area (Å²) in [6.45, 7) is 8.65. The Balaban J connectivity index is 2.68. The van der Waals surface area contributed by atoms with Gasteiger partial charge in [0.05, 0.1) is 12.2 Å². The Bertz CT molecular complexity index is 321. The largest absolute Gasteiger partial charge is 0.387 e. The molecule has 1 atom stereocenters. The first-order chi connectivity index (χ1) is 7.46. The molecule has 5 nitrogen and oxygen atoms in total. The van der Waals surface area contributed by atoms with Crippen LogP contribution in [0.2, 0.25) is 0 Å². The molecule has 1 aromatic heterocycles. The lowest BCUT2D eigenvalue weighted by atomic mass is 10.0. The number of ether oxygens (including phenoxy) is 1. The predicted octanol–water partition coefficient (Wildman–Crippen LogP) is 1.19. The Morgan fingerprint density at radius 3 is 2.81 bits per heavy atom. The van der Waals surface area contributed by atoms with Crippen LogP contribution in [0.25, 0.3) is 0 Å². The molecule has 92 valence electrons. The fourth-order valence-corrected chi connectivity index (χ4v) is 1.55. The molecular weight excluding hydrogens is 206 g/mol. The van der Waals surface area contributed by atoms with Crippen LogP contribution in [0.4, 0.5) is 0 Å². The summed E-state index contributed by atoms with van der Waals surface area (Å²) in [5.41, 5.74) is -0.893. The SMILES string of the molecule is CCOCC(C)(O)Cc1ncnn1C(C)C. The van der Waals surface area contributed by atoms with E-state index in [4.69, 9.17) is 4.74 Å². The summed E-state index contributed by atoms with van der Waals surface area (Å²) < 4.78 is 7.06. The van der Waals surface area contributed by atoms with Crippen LogP contribution in [0.3, 0.4) is 0 Å². The standard InChI is InChI=1S/C11H21N3O2/c1-5-16-7-11(4,15)6-10-12-8-13-14(10)9(2)3/h8-9,15H,5-7H2,1-4H3. The summed E-state index contributed by atoms with van der Waals surface area (Å²) in [5.74, 6) is 0.791. The first-order valence-electron chi connectivity index (χ1n) is 5.65. The van der Waals surface area contributed by atoms with E-state index in [2.05, 4.69) is 10.1 Å². The fraction of sp³-hybridized carbons (Fsp3) is 0.818. The molecule has 0 spiro atoms. The minimum atomic E-state index is -0.893. The van der Waals surface area contributed by atoms with Crippen molar-refractivity contribution in [2.45, 2.75) is 45.8 Å². The summed E-state index contributed by atoms with van der Waals surface area (Å²) in [6, 6.07) is 0.250. The van der Waals surface area contributed by atoms with E-state index in [1.165, 1.54) is 6.33 Å². The predicted molar refractivity (Wildman–Crippen MR) is 61.2 cm³/mol. The van der Waals surface area contributed by atoms with E-state index in [9.17, 15) is 5.11 Å². The molecule has 1 heterocycles. The quantitative estimate of drug-likeness (QED) is 0.793. The maximum absolute atomic E-state index is 10.1. The van der Waals surface area contributed by atoms with Gasteiger partial charge in [0.2, 0.25) is 0 Å². The van der Waals surface area contributed by atoms with Gasteiger partial charge in [-0.15, -0.1) is 0 Å². The molecule has 0 bridgehead atoms. The van der Waals surface area contributed by atoms with Crippen LogP contribution in [0.5, 0.6) is 0 Å². The van der Waals surface area contributed by atoms with Crippen molar-refractivity contribution in [1.29, 1.82) is 0 Å². The van der Waals surface area contributed by atoms with Gasteiger partial charge in [0.1, 0.15) is 12.2 Å². The molecule has 16 heavy (non-hydrogen) atoms. The number of aromatic nitrogens is 3. The summed E-state index contributed by atoms with van der Waals surface area (Å²) in [7, 11) is 0. The molecule has 0 saturated heterocycles. The molecule has 0 saturated carbocycles. The van der Waals surface area contributed by atoms with Crippen molar-refractivity contribution in [1.82, 2.24) is 14.8 Å². The van der Waals surface area contributed by atoms with Gasteiger partial charge in [0, 0.05) is 19.1 Å². The van der Waals surface area contributed by atoms with E-state index >= 15 is 0 Å². The molecule has 0 aliphatic rings. The second-order valence-corrected chi connectivity index (χ2v) is 4.53. The third kappa shape index (κ3) is 3.57. The first kappa shape index (κ1) is 13.1. The van der Waals surface area contributed by atoms with Crippen LogP contribution in [0.1, 0.15) is 39.6 Å². The average Bonchev–Trinajstić information content (AvgIpc) is 2.62. The monoisotopic (exact) mass is 227 g/mol. The van der Waals surface area contributed by atoms with Crippen LogP contribution < -0.4 is 0 Å². The van der Waals surface area contributed by atoms with E-state index in [1.807, 2.05) is 25.5 Å². The second-order valence-electron chi connectivity index (χ2n) is 4.53. The Kier molecular flexibility index (Phi) is 4.44. The molecule has 0 amide bonds. The highest BCUT2D eigenvalue weighted by molar-refractivity contribution is 4.94. The number of aliphatic hydroxyl groups is 1. The van der Waals surface area contributed by atoms with Crippen LogP contribution in [-0.4, -0.2) is 38.7 Å². The van der Waals surface area contributed by atoms with Gasteiger partial charge in [-0.1, -0.05) is 0 Å². The molecule has 5 heteroatoms. The van der Waals surface area contributed by atoms with E-state index in [-0.39, 0.29) is 6.04 Å². The fourth-order valence-electron chi connectivity index (χ4n) is 1.55. The van der Waals surface area contributed by atoms with Gasteiger partial charge < -0.3 is 9.84 Å². The number of rotatable bonds is 6. The molecule has 0 radical (unpaired) electrons. The van der Waals surface area contributed by atoms with E-state index in [0.29, 0.717) is 19.6 Å². The summed E-state index contributed by atoms with van der Waals surface area (Å²) in [4.78, 5) is 4.17. The van der Waals surface area contributed by atoms with E-state index in [0.717, 1.165) is 5.82 Å². The van der Waals surface area contributed by atoms with Crippen molar-refractivity contribution >= 4 is 0 Å². The van der Waals surface area contributed by atoms with E-state index < -0.39 is 5.60 Å². The lowest BCUT2D eigenvalue weighted by molar-refractivity contribution is -0.0315. The van der Waals surface area contributed by atoms with Gasteiger partial charge >= 0.3 is 0 Å². The topological polar surface area (TPSA) is 60.2 Å². The lowest BCUT2D eigenvalue weighted by Crippen LogP contribution is -2.34. The minimum Gasteiger partial charge on any atom is -0.387 e. The normalized spacial score (nSPS) is 15.4. The van der Waals surface area contributed by atoms with Crippen molar-refractivity contribution in [3.05, 3.63) is 12.2 Å². The molecule has 1 N–H and O–H groups in total. The minimum absolute atomic E-state index is 0.250. The number of hydrogen-bond donors (Lipinski definition) is 1. The molecule has 0 aromatic carbocycles. The average molecular weight is 227 g/mol. The molecule has 1 unspecified atom stereocenters. The molecule has 1 rings (SSSR count). The van der Waals surface area contributed by atoms with Gasteiger partial charge in [0.15, 0.2) is 0 Å². The van der Waals surface area contributed by atoms with Crippen LogP contribution in [0, 0.1) is 0 Å². The number of hydrogen-bond acceptors (Lipinski definition) is 4. The molecule has 0 aliphatic heterocycles. The van der Waals surface area contributed by atoms with Crippen LogP contribution in [-0.2, 0) is 11.2 Å². The van der Waals surface area contributed by atoms with Crippen molar-refractivity contribution in [3.63, 3.8) is 0 Å². The van der Waals surface area contributed by atoms with Crippen LogP contribution >= 0.6 is 0 Å². The summed E-state index contributed by atoms with van der Waals surface area (Å²) in [6.07, 6.45) is 1.97. The Hall–Kier alpha value is -0.940. The van der Waals surface area contributed by atoms with Crippen molar-refractivity contribution in [2.75, 3.05) is 13.2 Å². The Morgan fingerprint density at radius 1 is 1.56 bits per heavy atom. The zero-order valence-corrected chi connectivity index (χ0v) is 10.5. The highest BCUT2D eigenvalue weighted by atomic mass is 16.5. The van der Waals surface area contributed by atoms with Crippen molar-refractivity contribution < 1.29 is 9.84 Å². The Labute approximate surface area is 96.5 Å². The van der Waals surface area contributed by atoms with Crippen LogP contribution in [0.15, 0.2) is 6.33 Å². The molecule has 0 fully saturated rings. The van der Waals surface area contributed by atoms with Gasteiger partial charge in [-0.25, -0.2) is 9.67 Å². The zero-order valence-electron chi connectivity index (χ0n) is 10.5. The highest BCUT2D eigenvalue weighted by Crippen LogP contribution is 2.14. The number of nitrogens with zero attached hydrogens (tertiary/aromatic N) is 3. The van der Waals surface area contributed by atoms with Gasteiger partial charge in [-0.2, -0.15) is 5.10 Å². The van der Waals surface area contributed by atoms with Crippen molar-refractivity contribution in [3.8, 4) is 0 Å². The van der Waals surface area contributed by atoms with Gasteiger partial charge in [-0.3, -0.25) is 0 Å². The molecule has 0 aliphatic carbocycles. The highest BCUT2D eigenvalue weighted by Gasteiger charge is 2.24. The summed E-state index contributed by atoms with van der Waals surface area (Å²) >= 11 is 0. The third-order valence-electron chi connectivity index (χ3n) is 2.29. The summed E-state index contributed by atoms with van der Waals surface area (Å²) in [5, 5.41) is 14.3. The van der Waals surface area contributed by atoms with Gasteiger partial charge in [-0.05, 0) is 27.7 Å². The second kappa shape index (κ2) is 5.41. The molecular formula is C11H21N3O2. The maximum Gasteiger partial charge on any atom is 0.138 e. The van der Waals surface area contributed by atoms with E-state index in [1.54, 1.807) is 6.92 Å². The third-order valence-corrected chi connectivity index (χ3v) is 2.29.